The number of benzene rings is 2. The van der Waals surface area contributed by atoms with Gasteiger partial charge < -0.3 is 14.1 Å². The first kappa shape index (κ1) is 20.9. The molecule has 0 unspecified atom stereocenters. The highest BCUT2D eigenvalue weighted by atomic mass is 32.2. The normalized spacial score (nSPS) is 10.8. The monoisotopic (exact) mass is 415 g/mol. The lowest BCUT2D eigenvalue weighted by molar-refractivity contribution is -0.128. The Kier molecular flexibility index (Phi) is 6.87. The van der Waals surface area contributed by atoms with Gasteiger partial charge in [-0.15, -0.1) is 10.2 Å². The molecule has 3 rings (SSSR count). The number of nitrogens with zero attached hydrogens (tertiary/aromatic N) is 3. The maximum Gasteiger partial charge on any atom is 0.277 e. The van der Waals surface area contributed by atoms with E-state index in [0.717, 1.165) is 11.1 Å². The fraction of sp³-hybridized carbons (Fsp3) is 0.286. The van der Waals surface area contributed by atoms with Crippen LogP contribution in [0.1, 0.15) is 18.1 Å². The molecule has 0 radical (unpaired) electrons. The lowest BCUT2D eigenvalue weighted by Gasteiger charge is -2.20. The summed E-state index contributed by atoms with van der Waals surface area (Å²) < 4.78 is 24.5. The predicted molar refractivity (Wildman–Crippen MR) is 109 cm³/mol. The standard InChI is InChI=1S/C21H22FN3O3S/c1-4-25(12-15-8-9-18(27-3)17(22)11-15)19(26)13-29-21-24-23-20(28-21)16-7-5-6-14(2)10-16/h5-11H,4,12-13H2,1-3H3. The molecule has 0 atom stereocenters. The van der Waals surface area contributed by atoms with Gasteiger partial charge >= 0.3 is 0 Å². The summed E-state index contributed by atoms with van der Waals surface area (Å²) >= 11 is 1.19. The van der Waals surface area contributed by atoms with Crippen molar-refractivity contribution in [1.29, 1.82) is 0 Å². The maximum atomic E-state index is 13.9. The van der Waals surface area contributed by atoms with Crippen LogP contribution in [0.3, 0.4) is 0 Å². The number of rotatable bonds is 8. The lowest BCUT2D eigenvalue weighted by atomic mass is 10.1. The Morgan fingerprint density at radius 3 is 2.76 bits per heavy atom. The van der Waals surface area contributed by atoms with E-state index in [1.54, 1.807) is 17.0 Å². The molecule has 0 spiro atoms. The van der Waals surface area contributed by atoms with E-state index in [0.29, 0.717) is 29.8 Å². The van der Waals surface area contributed by atoms with Gasteiger partial charge in [0.05, 0.1) is 12.9 Å². The Morgan fingerprint density at radius 1 is 1.24 bits per heavy atom. The molecular formula is C21H22FN3O3S. The third-order valence-electron chi connectivity index (χ3n) is 4.31. The zero-order valence-corrected chi connectivity index (χ0v) is 17.3. The van der Waals surface area contributed by atoms with Gasteiger partial charge in [0.1, 0.15) is 0 Å². The topological polar surface area (TPSA) is 68.5 Å². The molecule has 8 heteroatoms. The minimum atomic E-state index is -0.447. The zero-order valence-electron chi connectivity index (χ0n) is 16.5. The lowest BCUT2D eigenvalue weighted by Crippen LogP contribution is -2.31. The van der Waals surface area contributed by atoms with Crippen molar-refractivity contribution < 1.29 is 18.3 Å². The maximum absolute atomic E-state index is 13.9. The van der Waals surface area contributed by atoms with Crippen molar-refractivity contribution >= 4 is 17.7 Å². The summed E-state index contributed by atoms with van der Waals surface area (Å²) in [4.78, 5) is 14.2. The molecule has 2 aromatic carbocycles. The molecule has 1 amide bonds. The van der Waals surface area contributed by atoms with Crippen molar-refractivity contribution in [2.24, 2.45) is 0 Å². The number of thioether (sulfide) groups is 1. The number of methoxy groups -OCH3 is 1. The Hall–Kier alpha value is -2.87. The molecular weight excluding hydrogens is 393 g/mol. The SMILES string of the molecule is CCN(Cc1ccc(OC)c(F)c1)C(=O)CSc1nnc(-c2cccc(C)c2)o1. The largest absolute Gasteiger partial charge is 0.494 e. The fourth-order valence-corrected chi connectivity index (χ4v) is 3.45. The number of hydrogen-bond acceptors (Lipinski definition) is 6. The average molecular weight is 415 g/mol. The van der Waals surface area contributed by atoms with Gasteiger partial charge in [0.2, 0.25) is 11.8 Å². The van der Waals surface area contributed by atoms with Crippen LogP contribution in [0, 0.1) is 12.7 Å². The van der Waals surface area contributed by atoms with Crippen LogP contribution >= 0.6 is 11.8 Å². The number of amides is 1. The minimum Gasteiger partial charge on any atom is -0.494 e. The summed E-state index contributed by atoms with van der Waals surface area (Å²) in [5, 5.41) is 8.39. The van der Waals surface area contributed by atoms with Crippen molar-refractivity contribution in [3.63, 3.8) is 0 Å². The van der Waals surface area contributed by atoms with Gasteiger partial charge in [-0.3, -0.25) is 4.79 Å². The second-order valence-corrected chi connectivity index (χ2v) is 7.33. The van der Waals surface area contributed by atoms with Gasteiger partial charge in [-0.1, -0.05) is 35.5 Å². The van der Waals surface area contributed by atoms with Crippen LogP contribution in [0.25, 0.3) is 11.5 Å². The number of carbonyl (C=O) groups excluding carboxylic acids is 1. The van der Waals surface area contributed by atoms with Gasteiger partial charge in [-0.05, 0) is 43.7 Å². The fourth-order valence-electron chi connectivity index (χ4n) is 2.78. The predicted octanol–water partition coefficient (Wildman–Crippen LogP) is 4.33. The number of aromatic nitrogens is 2. The molecule has 152 valence electrons. The molecule has 29 heavy (non-hydrogen) atoms. The van der Waals surface area contributed by atoms with Gasteiger partial charge in [0.15, 0.2) is 11.6 Å². The van der Waals surface area contributed by atoms with E-state index >= 15 is 0 Å². The molecule has 3 aromatic rings. The summed E-state index contributed by atoms with van der Waals surface area (Å²) in [6.45, 7) is 4.69. The van der Waals surface area contributed by atoms with Crippen LogP contribution in [0.2, 0.25) is 0 Å². The zero-order chi connectivity index (χ0) is 20.8. The highest BCUT2D eigenvalue weighted by Crippen LogP contribution is 2.24. The third-order valence-corrected chi connectivity index (χ3v) is 5.12. The number of aryl methyl sites for hydroxylation is 1. The molecule has 0 N–H and O–H groups in total. The van der Waals surface area contributed by atoms with E-state index in [2.05, 4.69) is 10.2 Å². The van der Waals surface area contributed by atoms with E-state index < -0.39 is 5.82 Å². The van der Waals surface area contributed by atoms with Gasteiger partial charge in [-0.2, -0.15) is 0 Å². The van der Waals surface area contributed by atoms with E-state index in [1.165, 1.54) is 24.9 Å². The van der Waals surface area contributed by atoms with Crippen LogP contribution in [0.4, 0.5) is 4.39 Å². The highest BCUT2D eigenvalue weighted by Gasteiger charge is 2.16. The van der Waals surface area contributed by atoms with Crippen LogP contribution in [-0.4, -0.2) is 40.4 Å². The first-order valence-electron chi connectivity index (χ1n) is 9.13. The highest BCUT2D eigenvalue weighted by molar-refractivity contribution is 7.99. The molecule has 1 aromatic heterocycles. The summed E-state index contributed by atoms with van der Waals surface area (Å²) in [6, 6.07) is 12.5. The molecule has 6 nitrogen and oxygen atoms in total. The van der Waals surface area contributed by atoms with E-state index in [9.17, 15) is 9.18 Å². The van der Waals surface area contributed by atoms with Crippen molar-refractivity contribution in [2.75, 3.05) is 19.4 Å². The van der Waals surface area contributed by atoms with Gasteiger partial charge in [0.25, 0.3) is 5.22 Å². The molecule has 0 aliphatic carbocycles. The van der Waals surface area contributed by atoms with Gasteiger partial charge in [-0.25, -0.2) is 4.39 Å². The van der Waals surface area contributed by atoms with Crippen molar-refractivity contribution in [3.05, 3.63) is 59.4 Å². The Bertz CT molecular complexity index is 993. The summed E-state index contributed by atoms with van der Waals surface area (Å²) in [5.41, 5.74) is 2.63. The van der Waals surface area contributed by atoms with E-state index in [1.807, 2.05) is 38.1 Å². The quantitative estimate of drug-likeness (QED) is 0.510. The summed E-state index contributed by atoms with van der Waals surface area (Å²) in [6.07, 6.45) is 0. The van der Waals surface area contributed by atoms with Gasteiger partial charge in [0, 0.05) is 18.7 Å². The molecule has 0 bridgehead atoms. The van der Waals surface area contributed by atoms with Crippen LogP contribution in [0.5, 0.6) is 5.75 Å². The molecule has 0 saturated heterocycles. The third kappa shape index (κ3) is 5.35. The summed E-state index contributed by atoms with van der Waals surface area (Å²) in [7, 11) is 1.42. The molecule has 0 aliphatic heterocycles. The Labute approximate surface area is 173 Å². The number of ether oxygens (including phenoxy) is 1. The molecule has 1 heterocycles. The Balaban J connectivity index is 1.59. The van der Waals surface area contributed by atoms with Crippen molar-refractivity contribution in [1.82, 2.24) is 15.1 Å². The molecule has 0 saturated carbocycles. The first-order valence-corrected chi connectivity index (χ1v) is 10.1. The average Bonchev–Trinajstić information content (AvgIpc) is 3.19. The second kappa shape index (κ2) is 9.56. The van der Waals surface area contributed by atoms with E-state index in [-0.39, 0.29) is 17.4 Å². The smallest absolute Gasteiger partial charge is 0.277 e. The summed E-state index contributed by atoms with van der Waals surface area (Å²) in [5.74, 6) is 0.215. The van der Waals surface area contributed by atoms with Crippen molar-refractivity contribution in [2.45, 2.75) is 25.6 Å². The minimum absolute atomic E-state index is 0.0935. The first-order chi connectivity index (χ1) is 14.0. The molecule has 0 aliphatic rings. The van der Waals surface area contributed by atoms with Crippen LogP contribution < -0.4 is 4.74 Å². The van der Waals surface area contributed by atoms with E-state index in [4.69, 9.17) is 9.15 Å². The van der Waals surface area contributed by atoms with Crippen molar-refractivity contribution in [3.8, 4) is 17.2 Å². The molecule has 0 fully saturated rings. The Morgan fingerprint density at radius 2 is 2.07 bits per heavy atom. The second-order valence-electron chi connectivity index (χ2n) is 6.41. The van der Waals surface area contributed by atoms with Crippen LogP contribution in [-0.2, 0) is 11.3 Å². The number of carbonyl (C=O) groups is 1. The number of hydrogen-bond donors (Lipinski definition) is 0. The van der Waals surface area contributed by atoms with Crippen LogP contribution in [0.15, 0.2) is 52.1 Å². The number of halogens is 1.